The second-order valence-corrected chi connectivity index (χ2v) is 4.81. The van der Waals surface area contributed by atoms with Crippen LogP contribution in [0.15, 0.2) is 24.3 Å². The van der Waals surface area contributed by atoms with E-state index in [1.165, 1.54) is 12.1 Å². The fraction of sp³-hybridized carbons (Fsp3) is 0.538. The minimum Gasteiger partial charge on any atom is -0.374 e. The van der Waals surface area contributed by atoms with Crippen LogP contribution in [0.1, 0.15) is 25.3 Å². The zero-order valence-corrected chi connectivity index (χ0v) is 10.1. The van der Waals surface area contributed by atoms with Gasteiger partial charge in [-0.3, -0.25) is 11.3 Å². The number of hydrogen-bond acceptors (Lipinski definition) is 3. The number of halogens is 1. The first kappa shape index (κ1) is 12.5. The zero-order valence-electron chi connectivity index (χ0n) is 10.1. The Morgan fingerprint density at radius 2 is 2.18 bits per heavy atom. The van der Waals surface area contributed by atoms with Gasteiger partial charge in [-0.1, -0.05) is 12.1 Å². The first-order chi connectivity index (χ1) is 8.14. The number of benzene rings is 1. The van der Waals surface area contributed by atoms with Crippen molar-refractivity contribution in [2.75, 3.05) is 6.61 Å². The van der Waals surface area contributed by atoms with Gasteiger partial charge in [0.05, 0.1) is 11.6 Å². The minimum absolute atomic E-state index is 0.0514. The average molecular weight is 238 g/mol. The third-order valence-corrected chi connectivity index (χ3v) is 3.54. The van der Waals surface area contributed by atoms with Gasteiger partial charge in [0.25, 0.3) is 0 Å². The molecule has 1 saturated heterocycles. The molecule has 2 unspecified atom stereocenters. The van der Waals surface area contributed by atoms with Gasteiger partial charge < -0.3 is 4.74 Å². The van der Waals surface area contributed by atoms with Crippen LogP contribution >= 0.6 is 0 Å². The van der Waals surface area contributed by atoms with Crippen LogP contribution in [-0.4, -0.2) is 18.2 Å². The Labute approximate surface area is 101 Å². The summed E-state index contributed by atoms with van der Waals surface area (Å²) >= 11 is 0. The molecule has 1 aliphatic rings. The van der Waals surface area contributed by atoms with Crippen LogP contribution < -0.4 is 11.3 Å². The van der Waals surface area contributed by atoms with Crippen LogP contribution in [0.4, 0.5) is 4.39 Å². The third kappa shape index (κ3) is 2.83. The lowest BCUT2D eigenvalue weighted by atomic mass is 9.89. The molecule has 94 valence electrons. The third-order valence-electron chi connectivity index (χ3n) is 3.54. The van der Waals surface area contributed by atoms with Gasteiger partial charge in [-0.15, -0.1) is 0 Å². The molecule has 1 heterocycles. The van der Waals surface area contributed by atoms with Crippen molar-refractivity contribution in [2.24, 2.45) is 5.84 Å². The number of hydrogen-bond donors (Lipinski definition) is 2. The number of ether oxygens (including phenoxy) is 1. The summed E-state index contributed by atoms with van der Waals surface area (Å²) in [5, 5.41) is 0. The molecule has 2 atom stereocenters. The Morgan fingerprint density at radius 3 is 2.71 bits per heavy atom. The van der Waals surface area contributed by atoms with Gasteiger partial charge in [0.1, 0.15) is 5.82 Å². The maximum Gasteiger partial charge on any atom is 0.123 e. The van der Waals surface area contributed by atoms with Crippen molar-refractivity contribution in [2.45, 2.75) is 37.8 Å². The van der Waals surface area contributed by atoms with Crippen molar-refractivity contribution in [3.63, 3.8) is 0 Å². The highest BCUT2D eigenvalue weighted by Gasteiger charge is 2.37. The molecule has 0 radical (unpaired) electrons. The SMILES string of the molecule is CC1(C(Cc2ccc(F)cc2)NN)CCCO1. The van der Waals surface area contributed by atoms with Crippen molar-refractivity contribution >= 4 is 0 Å². The zero-order chi connectivity index (χ0) is 12.3. The molecule has 0 saturated carbocycles. The minimum atomic E-state index is -0.219. The predicted molar refractivity (Wildman–Crippen MR) is 64.8 cm³/mol. The molecule has 0 aromatic heterocycles. The first-order valence-electron chi connectivity index (χ1n) is 5.98. The normalized spacial score (nSPS) is 26.1. The van der Waals surface area contributed by atoms with Crippen LogP contribution in [0, 0.1) is 5.82 Å². The maximum atomic E-state index is 12.8. The highest BCUT2D eigenvalue weighted by atomic mass is 19.1. The molecule has 3 N–H and O–H groups in total. The molecular formula is C13H19FN2O. The summed E-state index contributed by atoms with van der Waals surface area (Å²) in [6.45, 7) is 2.87. The molecule has 2 rings (SSSR count). The smallest absolute Gasteiger partial charge is 0.123 e. The van der Waals surface area contributed by atoms with Gasteiger partial charge in [0, 0.05) is 6.61 Å². The molecule has 0 bridgehead atoms. The molecule has 0 aliphatic carbocycles. The van der Waals surface area contributed by atoms with E-state index in [4.69, 9.17) is 10.6 Å². The highest BCUT2D eigenvalue weighted by Crippen LogP contribution is 2.30. The molecule has 0 amide bonds. The van der Waals surface area contributed by atoms with Crippen LogP contribution in [0.3, 0.4) is 0 Å². The summed E-state index contributed by atoms with van der Waals surface area (Å²) in [4.78, 5) is 0. The van der Waals surface area contributed by atoms with Crippen molar-refractivity contribution < 1.29 is 9.13 Å². The van der Waals surface area contributed by atoms with Gasteiger partial charge in [0.2, 0.25) is 0 Å². The van der Waals surface area contributed by atoms with Crippen LogP contribution in [0.25, 0.3) is 0 Å². The summed E-state index contributed by atoms with van der Waals surface area (Å²) in [6, 6.07) is 6.58. The van der Waals surface area contributed by atoms with Crippen molar-refractivity contribution in [3.8, 4) is 0 Å². The summed E-state index contributed by atoms with van der Waals surface area (Å²) in [5.41, 5.74) is 3.67. The molecule has 1 aliphatic heterocycles. The Balaban J connectivity index is 2.06. The van der Waals surface area contributed by atoms with Gasteiger partial charge >= 0.3 is 0 Å². The van der Waals surface area contributed by atoms with E-state index in [-0.39, 0.29) is 17.5 Å². The highest BCUT2D eigenvalue weighted by molar-refractivity contribution is 5.18. The molecule has 3 nitrogen and oxygen atoms in total. The molecule has 17 heavy (non-hydrogen) atoms. The van der Waals surface area contributed by atoms with Crippen molar-refractivity contribution in [1.82, 2.24) is 5.43 Å². The monoisotopic (exact) mass is 238 g/mol. The summed E-state index contributed by atoms with van der Waals surface area (Å²) in [5.74, 6) is 5.40. The van der Waals surface area contributed by atoms with Crippen molar-refractivity contribution in [3.05, 3.63) is 35.6 Å². The van der Waals surface area contributed by atoms with E-state index in [1.807, 2.05) is 0 Å². The topological polar surface area (TPSA) is 47.3 Å². The van der Waals surface area contributed by atoms with Gasteiger partial charge in [-0.2, -0.15) is 0 Å². The maximum absolute atomic E-state index is 12.8. The Morgan fingerprint density at radius 1 is 1.47 bits per heavy atom. The van der Waals surface area contributed by atoms with E-state index in [1.54, 1.807) is 12.1 Å². The fourth-order valence-electron chi connectivity index (χ4n) is 2.38. The fourth-order valence-corrected chi connectivity index (χ4v) is 2.38. The Bertz CT molecular complexity index is 360. The van der Waals surface area contributed by atoms with Crippen molar-refractivity contribution in [1.29, 1.82) is 0 Å². The average Bonchev–Trinajstić information content (AvgIpc) is 2.76. The lowest BCUT2D eigenvalue weighted by molar-refractivity contribution is -0.0115. The van der Waals surface area contributed by atoms with Gasteiger partial charge in [-0.05, 0) is 43.9 Å². The number of nitrogens with one attached hydrogen (secondary N) is 1. The quantitative estimate of drug-likeness (QED) is 0.621. The second kappa shape index (κ2) is 5.12. The standard InChI is InChI=1S/C13H19FN2O/c1-13(7-2-8-17-13)12(16-15)9-10-3-5-11(14)6-4-10/h3-6,12,16H,2,7-9,15H2,1H3. The first-order valence-corrected chi connectivity index (χ1v) is 5.98. The molecule has 1 aromatic carbocycles. The molecule has 0 spiro atoms. The molecular weight excluding hydrogens is 219 g/mol. The van der Waals surface area contributed by atoms with E-state index in [0.717, 1.165) is 31.4 Å². The van der Waals surface area contributed by atoms with Crippen LogP contribution in [0.2, 0.25) is 0 Å². The van der Waals surface area contributed by atoms with E-state index < -0.39 is 0 Å². The summed E-state index contributed by atoms with van der Waals surface area (Å²) in [6.07, 6.45) is 2.81. The number of nitrogens with two attached hydrogens (primary N) is 1. The lowest BCUT2D eigenvalue weighted by Crippen LogP contribution is -2.52. The summed E-state index contributed by atoms with van der Waals surface area (Å²) in [7, 11) is 0. The Kier molecular flexibility index (Phi) is 3.76. The van der Waals surface area contributed by atoms with E-state index >= 15 is 0 Å². The largest absolute Gasteiger partial charge is 0.374 e. The lowest BCUT2D eigenvalue weighted by Gasteiger charge is -2.32. The van der Waals surface area contributed by atoms with E-state index in [2.05, 4.69) is 12.3 Å². The molecule has 4 heteroatoms. The summed E-state index contributed by atoms with van der Waals surface area (Å²) < 4.78 is 18.6. The van der Waals surface area contributed by atoms with Gasteiger partial charge in [-0.25, -0.2) is 4.39 Å². The van der Waals surface area contributed by atoms with Crippen LogP contribution in [-0.2, 0) is 11.2 Å². The number of hydrazine groups is 1. The second-order valence-electron chi connectivity index (χ2n) is 4.81. The molecule has 1 fully saturated rings. The van der Waals surface area contributed by atoms with E-state index in [0.29, 0.717) is 0 Å². The molecule has 1 aromatic rings. The van der Waals surface area contributed by atoms with Gasteiger partial charge in [0.15, 0.2) is 0 Å². The number of rotatable bonds is 4. The Hall–Kier alpha value is -0.970. The van der Waals surface area contributed by atoms with E-state index in [9.17, 15) is 4.39 Å². The van der Waals surface area contributed by atoms with Crippen LogP contribution in [0.5, 0.6) is 0 Å². The predicted octanol–water partition coefficient (Wildman–Crippen LogP) is 1.77.